The van der Waals surface area contributed by atoms with Gasteiger partial charge < -0.3 is 5.32 Å². The minimum atomic E-state index is -0.344. The van der Waals surface area contributed by atoms with E-state index < -0.39 is 0 Å². The molecule has 0 bridgehead atoms. The number of amides is 1. The molecule has 134 valence electrons. The lowest BCUT2D eigenvalue weighted by molar-refractivity contribution is -0.113. The average Bonchev–Trinajstić information content (AvgIpc) is 3.09. The van der Waals surface area contributed by atoms with Gasteiger partial charge in [0.05, 0.1) is 21.5 Å². The highest BCUT2D eigenvalue weighted by atomic mass is 35.5. The van der Waals surface area contributed by atoms with Crippen LogP contribution in [0.3, 0.4) is 0 Å². The van der Waals surface area contributed by atoms with Gasteiger partial charge in [-0.2, -0.15) is 0 Å². The number of hydrogen-bond acceptors (Lipinski definition) is 4. The van der Waals surface area contributed by atoms with Crippen molar-refractivity contribution < 1.29 is 9.18 Å². The van der Waals surface area contributed by atoms with Crippen LogP contribution in [0.5, 0.6) is 0 Å². The van der Waals surface area contributed by atoms with Crippen LogP contribution in [0, 0.1) is 12.7 Å². The summed E-state index contributed by atoms with van der Waals surface area (Å²) in [6, 6.07) is 6.13. The van der Waals surface area contributed by atoms with Crippen LogP contribution < -0.4 is 5.32 Å². The minimum absolute atomic E-state index is 0.0893. The van der Waals surface area contributed by atoms with Gasteiger partial charge >= 0.3 is 0 Å². The Morgan fingerprint density at radius 3 is 2.92 bits per heavy atom. The van der Waals surface area contributed by atoms with Crippen molar-refractivity contribution in [1.29, 1.82) is 0 Å². The van der Waals surface area contributed by atoms with Crippen LogP contribution in [0.4, 0.5) is 10.2 Å². The van der Waals surface area contributed by atoms with Crippen LogP contribution in [-0.4, -0.2) is 26.2 Å². The van der Waals surface area contributed by atoms with Crippen LogP contribution in [0.1, 0.15) is 5.56 Å². The number of thioether (sulfide) groups is 1. The highest BCUT2D eigenvalue weighted by Crippen LogP contribution is 2.29. The van der Waals surface area contributed by atoms with Gasteiger partial charge in [-0.05, 0) is 30.7 Å². The van der Waals surface area contributed by atoms with E-state index in [4.69, 9.17) is 23.2 Å². The SMILES string of the molecule is Cc1c(Cl)cnc(NC(=O)CSc2nccn2-c2cccc(F)c2)c1Cl. The van der Waals surface area contributed by atoms with Gasteiger partial charge in [-0.15, -0.1) is 0 Å². The molecule has 0 spiro atoms. The van der Waals surface area contributed by atoms with Crippen LogP contribution in [0.2, 0.25) is 10.0 Å². The summed E-state index contributed by atoms with van der Waals surface area (Å²) in [5, 5.41) is 3.95. The number of anilines is 1. The molecule has 0 fully saturated rings. The normalized spacial score (nSPS) is 10.8. The van der Waals surface area contributed by atoms with Crippen molar-refractivity contribution in [3.05, 3.63) is 64.3 Å². The molecular weight excluding hydrogens is 398 g/mol. The van der Waals surface area contributed by atoms with Crippen molar-refractivity contribution in [2.45, 2.75) is 12.1 Å². The molecule has 0 unspecified atom stereocenters. The predicted molar refractivity (Wildman–Crippen MR) is 102 cm³/mol. The van der Waals surface area contributed by atoms with Gasteiger partial charge in [0.25, 0.3) is 0 Å². The van der Waals surface area contributed by atoms with Crippen molar-refractivity contribution in [2.24, 2.45) is 0 Å². The Kier molecular flexibility index (Phi) is 5.80. The molecule has 26 heavy (non-hydrogen) atoms. The van der Waals surface area contributed by atoms with Gasteiger partial charge in [0, 0.05) is 18.6 Å². The third kappa shape index (κ3) is 4.17. The standard InChI is InChI=1S/C17H13Cl2FN4OS/c1-10-13(18)8-22-16(15(10)19)23-14(25)9-26-17-21-5-6-24(17)12-4-2-3-11(20)7-12/h2-8H,9H2,1H3,(H,22,23,25). The second kappa shape index (κ2) is 8.07. The molecule has 0 saturated heterocycles. The zero-order chi connectivity index (χ0) is 18.7. The van der Waals surface area contributed by atoms with Crippen molar-refractivity contribution in [3.8, 4) is 5.69 Å². The Morgan fingerprint density at radius 2 is 2.15 bits per heavy atom. The van der Waals surface area contributed by atoms with E-state index in [1.165, 1.54) is 30.1 Å². The van der Waals surface area contributed by atoms with E-state index in [-0.39, 0.29) is 23.3 Å². The van der Waals surface area contributed by atoms with E-state index in [0.717, 1.165) is 0 Å². The summed E-state index contributed by atoms with van der Waals surface area (Å²) in [5.41, 5.74) is 1.27. The van der Waals surface area contributed by atoms with Gasteiger partial charge in [0.1, 0.15) is 5.82 Å². The molecule has 2 aromatic heterocycles. The molecule has 0 aliphatic carbocycles. The fourth-order valence-corrected chi connectivity index (χ4v) is 3.32. The predicted octanol–water partition coefficient (Wildman–Crippen LogP) is 4.75. The van der Waals surface area contributed by atoms with E-state index in [1.54, 1.807) is 36.0 Å². The summed E-state index contributed by atoms with van der Waals surface area (Å²) >= 11 is 13.3. The summed E-state index contributed by atoms with van der Waals surface area (Å²) in [4.78, 5) is 20.4. The summed E-state index contributed by atoms with van der Waals surface area (Å²) in [5.74, 6) is -0.289. The van der Waals surface area contributed by atoms with Gasteiger partial charge in [-0.1, -0.05) is 41.0 Å². The lowest BCUT2D eigenvalue weighted by Gasteiger charge is -2.10. The third-order valence-electron chi connectivity index (χ3n) is 3.49. The molecule has 0 atom stereocenters. The molecule has 0 radical (unpaired) electrons. The van der Waals surface area contributed by atoms with Gasteiger partial charge in [-0.25, -0.2) is 14.4 Å². The maximum Gasteiger partial charge on any atom is 0.236 e. The Hall–Kier alpha value is -2.09. The number of benzene rings is 1. The number of aromatic nitrogens is 3. The Morgan fingerprint density at radius 1 is 1.35 bits per heavy atom. The van der Waals surface area contributed by atoms with E-state index in [2.05, 4.69) is 15.3 Å². The maximum atomic E-state index is 13.4. The summed E-state index contributed by atoms with van der Waals surface area (Å²) in [6.45, 7) is 1.74. The second-order valence-corrected chi connectivity index (χ2v) is 7.02. The van der Waals surface area contributed by atoms with Crippen LogP contribution >= 0.6 is 35.0 Å². The lowest BCUT2D eigenvalue weighted by atomic mass is 10.3. The molecule has 3 aromatic rings. The van der Waals surface area contributed by atoms with Crippen molar-refractivity contribution >= 4 is 46.7 Å². The Balaban J connectivity index is 1.68. The fraction of sp³-hybridized carbons (Fsp3) is 0.118. The Bertz CT molecular complexity index is 964. The second-order valence-electron chi connectivity index (χ2n) is 5.29. The quantitative estimate of drug-likeness (QED) is 0.616. The smallest absolute Gasteiger partial charge is 0.236 e. The monoisotopic (exact) mass is 410 g/mol. The van der Waals surface area contributed by atoms with Crippen LogP contribution in [-0.2, 0) is 4.79 Å². The number of nitrogens with one attached hydrogen (secondary N) is 1. The molecular formula is C17H13Cl2FN4OS. The van der Waals surface area contributed by atoms with Crippen molar-refractivity contribution in [2.75, 3.05) is 11.1 Å². The highest BCUT2D eigenvalue weighted by molar-refractivity contribution is 7.99. The summed E-state index contributed by atoms with van der Waals surface area (Å²) in [7, 11) is 0. The topological polar surface area (TPSA) is 59.8 Å². The summed E-state index contributed by atoms with van der Waals surface area (Å²) < 4.78 is 15.1. The van der Waals surface area contributed by atoms with Crippen LogP contribution in [0.25, 0.3) is 5.69 Å². The number of halogens is 3. The highest BCUT2D eigenvalue weighted by Gasteiger charge is 2.13. The van der Waals surface area contributed by atoms with E-state index >= 15 is 0 Å². The first-order valence-corrected chi connectivity index (χ1v) is 9.22. The molecule has 3 rings (SSSR count). The molecule has 2 heterocycles. The van der Waals surface area contributed by atoms with Crippen molar-refractivity contribution in [1.82, 2.24) is 14.5 Å². The first kappa shape index (κ1) is 18.7. The first-order chi connectivity index (χ1) is 12.5. The molecule has 9 heteroatoms. The molecule has 0 aliphatic heterocycles. The molecule has 5 nitrogen and oxygen atoms in total. The fourth-order valence-electron chi connectivity index (χ4n) is 2.16. The summed E-state index contributed by atoms with van der Waals surface area (Å²) in [6.07, 6.45) is 4.73. The Labute approximate surface area is 163 Å². The van der Waals surface area contributed by atoms with Gasteiger partial charge in [0.15, 0.2) is 11.0 Å². The van der Waals surface area contributed by atoms with E-state index in [9.17, 15) is 9.18 Å². The van der Waals surface area contributed by atoms with Gasteiger partial charge in [-0.3, -0.25) is 9.36 Å². The van der Waals surface area contributed by atoms with E-state index in [1.807, 2.05) is 0 Å². The molecule has 0 aliphatic rings. The van der Waals surface area contributed by atoms with E-state index in [0.29, 0.717) is 26.5 Å². The third-order valence-corrected chi connectivity index (χ3v) is 5.30. The number of rotatable bonds is 5. The first-order valence-electron chi connectivity index (χ1n) is 7.48. The number of nitrogens with zero attached hydrogens (tertiary/aromatic N) is 3. The van der Waals surface area contributed by atoms with Gasteiger partial charge in [0.2, 0.25) is 5.91 Å². The minimum Gasteiger partial charge on any atom is -0.309 e. The van der Waals surface area contributed by atoms with Crippen molar-refractivity contribution in [3.63, 3.8) is 0 Å². The van der Waals surface area contributed by atoms with Crippen LogP contribution in [0.15, 0.2) is 48.0 Å². The zero-order valence-electron chi connectivity index (χ0n) is 13.5. The zero-order valence-corrected chi connectivity index (χ0v) is 15.9. The molecule has 0 saturated carbocycles. The molecule has 1 N–H and O–H groups in total. The number of imidazole rings is 1. The maximum absolute atomic E-state index is 13.4. The number of pyridine rings is 1. The average molecular weight is 411 g/mol. The number of carbonyl (C=O) groups excluding carboxylic acids is 1. The lowest BCUT2D eigenvalue weighted by Crippen LogP contribution is -2.16. The number of carbonyl (C=O) groups is 1. The largest absolute Gasteiger partial charge is 0.309 e. The molecule has 1 aromatic carbocycles. The number of hydrogen-bond donors (Lipinski definition) is 1. The molecule has 1 amide bonds.